The number of carboxylic acids is 1. The number of sulfone groups is 1. The number of carbonyl (C=O) groups is 2. The summed E-state index contributed by atoms with van der Waals surface area (Å²) < 4.78 is 94.2. The number of benzene rings is 2. The number of hydrogen-bond acceptors (Lipinski definition) is 8. The van der Waals surface area contributed by atoms with Crippen molar-refractivity contribution >= 4 is 27.4 Å². The van der Waals surface area contributed by atoms with Crippen LogP contribution >= 0.6 is 0 Å². The molecule has 240 valence electrons. The van der Waals surface area contributed by atoms with Crippen LogP contribution in [-0.4, -0.2) is 62.9 Å². The van der Waals surface area contributed by atoms with Gasteiger partial charge in [-0.2, -0.15) is 13.2 Å². The van der Waals surface area contributed by atoms with E-state index in [1.807, 2.05) is 0 Å². The first-order valence-electron chi connectivity index (χ1n) is 14.1. The number of amides is 1. The van der Waals surface area contributed by atoms with E-state index in [0.717, 1.165) is 37.5 Å². The van der Waals surface area contributed by atoms with Crippen molar-refractivity contribution < 1.29 is 54.9 Å². The smallest absolute Gasteiger partial charge is 0.496 e. The molecule has 3 aliphatic rings. The van der Waals surface area contributed by atoms with Gasteiger partial charge in [-0.15, -0.1) is 0 Å². The molecular formula is C29H32F4N2O8S. The van der Waals surface area contributed by atoms with E-state index in [1.54, 1.807) is 0 Å². The molecule has 0 spiro atoms. The summed E-state index contributed by atoms with van der Waals surface area (Å²) >= 11 is 0. The summed E-state index contributed by atoms with van der Waals surface area (Å²) in [5.41, 5.74) is -4.99. The topological polar surface area (TPSA) is 140 Å². The van der Waals surface area contributed by atoms with Gasteiger partial charge in [-0.05, 0) is 68.2 Å². The number of carbonyl (C=O) groups excluding carboxylic acids is 1. The van der Waals surface area contributed by atoms with Gasteiger partial charge in [-0.25, -0.2) is 17.6 Å². The first-order valence-corrected chi connectivity index (χ1v) is 15.6. The second-order valence-electron chi connectivity index (χ2n) is 11.3. The molecule has 6 atom stereocenters. The van der Waals surface area contributed by atoms with Gasteiger partial charge in [-0.1, -0.05) is 6.07 Å². The predicted octanol–water partition coefficient (Wildman–Crippen LogP) is 4.28. The van der Waals surface area contributed by atoms with E-state index >= 15 is 0 Å². The zero-order chi connectivity index (χ0) is 31.8. The quantitative estimate of drug-likeness (QED) is 0.324. The van der Waals surface area contributed by atoms with Crippen LogP contribution in [-0.2, 0) is 30.7 Å². The third-order valence-corrected chi connectivity index (χ3v) is 10.1. The van der Waals surface area contributed by atoms with Gasteiger partial charge in [-0.3, -0.25) is 4.79 Å². The maximum absolute atomic E-state index is 14.9. The van der Waals surface area contributed by atoms with Crippen molar-refractivity contribution in [3.8, 4) is 11.5 Å². The molecule has 1 aliphatic heterocycles. The third kappa shape index (κ3) is 6.49. The largest absolute Gasteiger partial charge is 0.501 e. The molecule has 2 bridgehead atoms. The highest BCUT2D eigenvalue weighted by Crippen LogP contribution is 2.49. The number of aliphatic carboxylic acids is 1. The molecule has 3 N–H and O–H groups in total. The summed E-state index contributed by atoms with van der Waals surface area (Å²) in [6.45, 7) is 0.169. The molecule has 2 aromatic carbocycles. The number of halogens is 4. The molecular weight excluding hydrogens is 612 g/mol. The van der Waals surface area contributed by atoms with Crippen molar-refractivity contribution in [2.75, 3.05) is 19.0 Å². The van der Waals surface area contributed by atoms with Gasteiger partial charge in [0.2, 0.25) is 5.91 Å². The zero-order valence-corrected chi connectivity index (χ0v) is 24.4. The van der Waals surface area contributed by atoms with Gasteiger partial charge < -0.3 is 30.0 Å². The molecule has 5 rings (SSSR count). The summed E-state index contributed by atoms with van der Waals surface area (Å²) in [5, 5.41) is 15.1. The fourth-order valence-corrected chi connectivity index (χ4v) is 7.29. The van der Waals surface area contributed by atoms with E-state index in [0.29, 0.717) is 12.0 Å². The minimum atomic E-state index is -5.58. The predicted molar refractivity (Wildman–Crippen MR) is 147 cm³/mol. The number of hydrogen-bond donors (Lipinski definition) is 3. The average Bonchev–Trinajstić information content (AvgIpc) is 3.59. The Morgan fingerprint density at radius 2 is 1.82 bits per heavy atom. The third-order valence-electron chi connectivity index (χ3n) is 8.60. The van der Waals surface area contributed by atoms with Crippen molar-refractivity contribution in [2.24, 2.45) is 17.8 Å². The van der Waals surface area contributed by atoms with Crippen molar-refractivity contribution in [1.29, 1.82) is 0 Å². The van der Waals surface area contributed by atoms with Crippen LogP contribution in [0.1, 0.15) is 37.7 Å². The molecule has 0 aromatic heterocycles. The normalized spacial score (nSPS) is 26.8. The molecule has 3 fully saturated rings. The van der Waals surface area contributed by atoms with Crippen LogP contribution in [0.25, 0.3) is 0 Å². The second kappa shape index (κ2) is 12.5. The number of nitrogens with one attached hydrogen (secondary N) is 2. The van der Waals surface area contributed by atoms with Crippen LogP contribution in [0.2, 0.25) is 0 Å². The molecule has 1 saturated heterocycles. The number of alkyl halides is 3. The maximum Gasteiger partial charge on any atom is 0.501 e. The number of methoxy groups -OCH3 is 1. The van der Waals surface area contributed by atoms with Crippen molar-refractivity contribution in [2.45, 2.75) is 67.3 Å². The van der Waals surface area contributed by atoms with Gasteiger partial charge in [0.15, 0.2) is 17.7 Å². The first kappa shape index (κ1) is 32.0. The van der Waals surface area contributed by atoms with E-state index in [4.69, 9.17) is 19.3 Å². The summed E-state index contributed by atoms with van der Waals surface area (Å²) in [7, 11) is -4.19. The van der Waals surface area contributed by atoms with E-state index < -0.39 is 56.1 Å². The van der Waals surface area contributed by atoms with Crippen LogP contribution in [0.15, 0.2) is 41.3 Å². The number of anilines is 1. The average molecular weight is 645 g/mol. The molecule has 10 nitrogen and oxygen atoms in total. The van der Waals surface area contributed by atoms with Gasteiger partial charge in [0, 0.05) is 29.9 Å². The van der Waals surface area contributed by atoms with Crippen molar-refractivity contribution in [1.82, 2.24) is 5.32 Å². The van der Waals surface area contributed by atoms with Gasteiger partial charge in [0.25, 0.3) is 9.84 Å². The Hall–Kier alpha value is -3.43. The highest BCUT2D eigenvalue weighted by Gasteiger charge is 2.51. The Labute approximate surface area is 251 Å². The lowest BCUT2D eigenvalue weighted by molar-refractivity contribution is -0.156. The zero-order valence-electron chi connectivity index (χ0n) is 23.6. The van der Waals surface area contributed by atoms with E-state index in [-0.39, 0.29) is 54.6 Å². The number of ether oxygens (including phenoxy) is 3. The summed E-state index contributed by atoms with van der Waals surface area (Å²) in [6, 6.07) is 6.43. The lowest BCUT2D eigenvalue weighted by Gasteiger charge is -2.31. The highest BCUT2D eigenvalue weighted by molar-refractivity contribution is 7.92. The van der Waals surface area contributed by atoms with Crippen LogP contribution < -0.4 is 20.1 Å². The van der Waals surface area contributed by atoms with Crippen LogP contribution in [0.4, 0.5) is 23.2 Å². The molecule has 1 amide bonds. The van der Waals surface area contributed by atoms with Gasteiger partial charge >= 0.3 is 11.5 Å². The van der Waals surface area contributed by atoms with E-state index in [9.17, 15) is 35.6 Å². The minimum absolute atomic E-state index is 0.0109. The second-order valence-corrected chi connectivity index (χ2v) is 13.2. The Balaban J connectivity index is 1.28. The molecule has 2 aromatic rings. The standard InChI is InChI=1S/C29H32F4N2O8S/c1-41-23-12-21(30)24(43-19-7-8-22(28(37)38)42-14-19)10-17(23)13-34-26-16-6-5-15(9-16)25(26)27(36)35-18-3-2-4-20(11-18)44(39,40)29(31,32)33/h2-4,10-12,15-16,19,22,25-26,34H,5-9,13-14H2,1H3,(H,35,36)(H,37,38)/t15-,16+,19-,22-,25+,26-/m1/s1. The Bertz CT molecular complexity index is 1510. The first-order chi connectivity index (χ1) is 20.8. The summed E-state index contributed by atoms with van der Waals surface area (Å²) in [4.78, 5) is 23.6. The van der Waals surface area contributed by atoms with Crippen molar-refractivity contribution in [3.05, 3.63) is 47.8 Å². The monoisotopic (exact) mass is 644 g/mol. The van der Waals surface area contributed by atoms with E-state index in [1.165, 1.54) is 25.3 Å². The molecule has 2 aliphatic carbocycles. The molecule has 15 heteroatoms. The number of fused-ring (bicyclic) bond motifs is 2. The molecule has 44 heavy (non-hydrogen) atoms. The SMILES string of the molecule is COc1cc(F)c(O[C@@H]2CC[C@H](C(=O)O)OC2)cc1CN[C@@H]1[C@H]2CC[C@H](C2)[C@@H]1C(=O)Nc1cccc(S(=O)(=O)C(F)(F)F)c1. The van der Waals surface area contributed by atoms with Gasteiger partial charge in [0.1, 0.15) is 11.9 Å². The maximum atomic E-state index is 14.9. The molecule has 0 radical (unpaired) electrons. The molecule has 1 heterocycles. The van der Waals surface area contributed by atoms with Gasteiger partial charge in [0.05, 0.1) is 24.5 Å². The van der Waals surface area contributed by atoms with Crippen molar-refractivity contribution in [3.63, 3.8) is 0 Å². The highest BCUT2D eigenvalue weighted by atomic mass is 32.2. The fraction of sp³-hybridized carbons (Fsp3) is 0.517. The van der Waals surface area contributed by atoms with Crippen LogP contribution in [0.3, 0.4) is 0 Å². The Morgan fingerprint density at radius 3 is 2.48 bits per heavy atom. The van der Waals surface area contributed by atoms with Crippen LogP contribution in [0.5, 0.6) is 11.5 Å². The Morgan fingerprint density at radius 1 is 1.07 bits per heavy atom. The lowest BCUT2D eigenvalue weighted by atomic mass is 9.83. The summed E-state index contributed by atoms with van der Waals surface area (Å²) in [6.07, 6.45) is 1.56. The lowest BCUT2D eigenvalue weighted by Crippen LogP contribution is -2.45. The number of rotatable bonds is 10. The van der Waals surface area contributed by atoms with E-state index in [2.05, 4.69) is 10.6 Å². The molecule has 0 unspecified atom stereocenters. The minimum Gasteiger partial charge on any atom is -0.496 e. The Kier molecular flexibility index (Phi) is 9.10. The van der Waals surface area contributed by atoms with Crippen LogP contribution in [0, 0.1) is 23.6 Å². The summed E-state index contributed by atoms with van der Waals surface area (Å²) in [5.74, 6) is -2.35. The fourth-order valence-electron chi connectivity index (χ4n) is 6.48. The number of carboxylic acid groups (broad SMARTS) is 1. The molecule has 2 saturated carbocycles.